The lowest BCUT2D eigenvalue weighted by Crippen LogP contribution is -2.37. The van der Waals surface area contributed by atoms with Crippen LogP contribution < -0.4 is 0 Å². The molecule has 0 aliphatic heterocycles. The summed E-state index contributed by atoms with van der Waals surface area (Å²) in [6.07, 6.45) is -0.712. The highest BCUT2D eigenvalue weighted by molar-refractivity contribution is 5.89. The lowest BCUT2D eigenvalue weighted by molar-refractivity contribution is -0.133. The van der Waals surface area contributed by atoms with E-state index in [0.717, 1.165) is 12.8 Å². The summed E-state index contributed by atoms with van der Waals surface area (Å²) >= 11 is 0. The number of hydrogen-bond acceptors (Lipinski definition) is 2. The Morgan fingerprint density at radius 3 is 2.52 bits per heavy atom. The molecule has 1 N–H and O–H groups in total. The fourth-order valence-electron chi connectivity index (χ4n) is 2.32. The summed E-state index contributed by atoms with van der Waals surface area (Å²) in [5.41, 5.74) is 0.697. The number of benzene rings is 1. The summed E-state index contributed by atoms with van der Waals surface area (Å²) in [6, 6.07) is 6.36. The molecule has 0 saturated heterocycles. The number of carbonyl (C=O) groups is 2. The van der Waals surface area contributed by atoms with Crippen LogP contribution in [-0.2, 0) is 11.2 Å². The van der Waals surface area contributed by atoms with E-state index < -0.39 is 18.9 Å². The summed E-state index contributed by atoms with van der Waals surface area (Å²) in [6.45, 7) is -0.538. The second-order valence-electron chi connectivity index (χ2n) is 5.13. The third-order valence-electron chi connectivity index (χ3n) is 3.50. The monoisotopic (exact) mass is 297 g/mol. The molecule has 21 heavy (non-hydrogen) atoms. The second-order valence-corrected chi connectivity index (χ2v) is 5.13. The van der Waals surface area contributed by atoms with Gasteiger partial charge in [-0.15, -0.1) is 0 Å². The maximum atomic E-state index is 12.5. The molecule has 0 atom stereocenters. The minimum Gasteiger partial charge on any atom is -0.478 e. The van der Waals surface area contributed by atoms with Crippen LogP contribution in [0, 0.1) is 0 Å². The maximum absolute atomic E-state index is 12.5. The first kappa shape index (κ1) is 15.4. The number of hydrogen-bond donors (Lipinski definition) is 1. The van der Waals surface area contributed by atoms with E-state index in [0.29, 0.717) is 5.56 Å². The third kappa shape index (κ3) is 4.24. The molecule has 1 aliphatic rings. The molecule has 6 heteroatoms. The van der Waals surface area contributed by atoms with E-state index in [1.54, 1.807) is 18.2 Å². The molecule has 0 radical (unpaired) electrons. The number of carboxylic acid groups (broad SMARTS) is 1. The number of halogens is 2. The lowest BCUT2D eigenvalue weighted by atomic mass is 10.0. The van der Waals surface area contributed by atoms with Crippen molar-refractivity contribution in [2.45, 2.75) is 38.2 Å². The third-order valence-corrected chi connectivity index (χ3v) is 3.50. The van der Waals surface area contributed by atoms with Crippen molar-refractivity contribution in [2.75, 3.05) is 6.54 Å². The van der Waals surface area contributed by atoms with Crippen LogP contribution in [-0.4, -0.2) is 40.9 Å². The lowest BCUT2D eigenvalue weighted by Gasteiger charge is -2.22. The minimum atomic E-state index is -2.54. The Kier molecular flexibility index (Phi) is 4.88. The first-order valence-corrected chi connectivity index (χ1v) is 6.88. The summed E-state index contributed by atoms with van der Waals surface area (Å²) in [4.78, 5) is 24.4. The Bertz CT molecular complexity index is 529. The van der Waals surface area contributed by atoms with Gasteiger partial charge in [0.1, 0.15) is 0 Å². The highest BCUT2D eigenvalue weighted by Crippen LogP contribution is 2.28. The van der Waals surface area contributed by atoms with E-state index in [-0.39, 0.29) is 30.4 Å². The molecule has 4 nitrogen and oxygen atoms in total. The number of aromatic carboxylic acids is 1. The van der Waals surface area contributed by atoms with Crippen LogP contribution >= 0.6 is 0 Å². The summed E-state index contributed by atoms with van der Waals surface area (Å²) in [7, 11) is 0. The molecular formula is C15H17F2NO3. The van der Waals surface area contributed by atoms with Crippen molar-refractivity contribution in [3.05, 3.63) is 35.4 Å². The van der Waals surface area contributed by atoms with Crippen molar-refractivity contribution < 1.29 is 23.5 Å². The molecule has 0 unspecified atom stereocenters. The first-order chi connectivity index (χ1) is 9.99. The predicted octanol–water partition coefficient (Wildman–Crippen LogP) is 2.57. The van der Waals surface area contributed by atoms with E-state index in [2.05, 4.69) is 0 Å². The number of carboxylic acids is 1. The SMILES string of the molecule is O=C(O)c1ccccc1CCC(=O)N(CC(F)F)C1CC1. The topological polar surface area (TPSA) is 57.6 Å². The molecule has 0 aromatic heterocycles. The Hall–Kier alpha value is -1.98. The van der Waals surface area contributed by atoms with E-state index >= 15 is 0 Å². The first-order valence-electron chi connectivity index (χ1n) is 6.88. The predicted molar refractivity (Wildman–Crippen MR) is 72.5 cm³/mol. The molecule has 1 aromatic rings. The van der Waals surface area contributed by atoms with Gasteiger partial charge in [-0.05, 0) is 30.9 Å². The van der Waals surface area contributed by atoms with Crippen molar-refractivity contribution in [1.29, 1.82) is 0 Å². The van der Waals surface area contributed by atoms with E-state index in [1.165, 1.54) is 11.0 Å². The standard InChI is InChI=1S/C15H17F2NO3/c16-13(17)9-18(11-6-7-11)14(19)8-5-10-3-1-2-4-12(10)15(20)21/h1-4,11,13H,5-9H2,(H,20,21). The molecule has 0 bridgehead atoms. The van der Waals surface area contributed by atoms with Crippen molar-refractivity contribution in [1.82, 2.24) is 4.90 Å². The fraction of sp³-hybridized carbons (Fsp3) is 0.467. The highest BCUT2D eigenvalue weighted by atomic mass is 19.3. The number of carbonyl (C=O) groups excluding carboxylic acids is 1. The van der Waals surface area contributed by atoms with Crippen LogP contribution in [0.25, 0.3) is 0 Å². The number of nitrogens with zero attached hydrogens (tertiary/aromatic N) is 1. The molecular weight excluding hydrogens is 280 g/mol. The van der Waals surface area contributed by atoms with Gasteiger partial charge in [0.05, 0.1) is 12.1 Å². The fourth-order valence-corrected chi connectivity index (χ4v) is 2.32. The largest absolute Gasteiger partial charge is 0.478 e. The molecule has 1 saturated carbocycles. The quantitative estimate of drug-likeness (QED) is 0.841. The van der Waals surface area contributed by atoms with Crippen LogP contribution in [0.2, 0.25) is 0 Å². The number of rotatable bonds is 7. The smallest absolute Gasteiger partial charge is 0.335 e. The second kappa shape index (κ2) is 6.65. The Balaban J connectivity index is 1.98. The van der Waals surface area contributed by atoms with Gasteiger partial charge in [-0.2, -0.15) is 0 Å². The van der Waals surface area contributed by atoms with Crippen LogP contribution in [0.5, 0.6) is 0 Å². The molecule has 1 amide bonds. The van der Waals surface area contributed by atoms with Crippen LogP contribution in [0.4, 0.5) is 8.78 Å². The van der Waals surface area contributed by atoms with Gasteiger partial charge < -0.3 is 10.0 Å². The zero-order valence-corrected chi connectivity index (χ0v) is 11.5. The van der Waals surface area contributed by atoms with Gasteiger partial charge in [-0.3, -0.25) is 4.79 Å². The molecule has 114 valence electrons. The summed E-state index contributed by atoms with van der Waals surface area (Å²) in [5.74, 6) is -1.39. The van der Waals surface area contributed by atoms with Crippen molar-refractivity contribution in [3.8, 4) is 0 Å². The van der Waals surface area contributed by atoms with Gasteiger partial charge in [-0.25, -0.2) is 13.6 Å². The molecule has 0 heterocycles. The normalized spacial score (nSPS) is 14.2. The van der Waals surface area contributed by atoms with Crippen LogP contribution in [0.3, 0.4) is 0 Å². The van der Waals surface area contributed by atoms with Crippen LogP contribution in [0.1, 0.15) is 35.2 Å². The van der Waals surface area contributed by atoms with Gasteiger partial charge in [0, 0.05) is 12.5 Å². The highest BCUT2D eigenvalue weighted by Gasteiger charge is 2.33. The molecule has 0 spiro atoms. The Labute approximate surface area is 121 Å². The van der Waals surface area contributed by atoms with Crippen molar-refractivity contribution in [2.24, 2.45) is 0 Å². The van der Waals surface area contributed by atoms with Gasteiger partial charge >= 0.3 is 5.97 Å². The zero-order valence-electron chi connectivity index (χ0n) is 11.5. The van der Waals surface area contributed by atoms with Gasteiger partial charge in [0.15, 0.2) is 0 Å². The van der Waals surface area contributed by atoms with Gasteiger partial charge in [0.2, 0.25) is 5.91 Å². The number of amides is 1. The zero-order chi connectivity index (χ0) is 15.4. The average Bonchev–Trinajstić information content (AvgIpc) is 3.26. The van der Waals surface area contributed by atoms with Crippen molar-refractivity contribution >= 4 is 11.9 Å². The van der Waals surface area contributed by atoms with Crippen molar-refractivity contribution in [3.63, 3.8) is 0 Å². The summed E-state index contributed by atoms with van der Waals surface area (Å²) < 4.78 is 25.0. The van der Waals surface area contributed by atoms with Gasteiger partial charge in [-0.1, -0.05) is 18.2 Å². The van der Waals surface area contributed by atoms with Gasteiger partial charge in [0.25, 0.3) is 6.43 Å². The molecule has 1 aromatic carbocycles. The molecule has 1 fully saturated rings. The number of alkyl halides is 2. The van der Waals surface area contributed by atoms with E-state index in [4.69, 9.17) is 5.11 Å². The van der Waals surface area contributed by atoms with E-state index in [9.17, 15) is 18.4 Å². The van der Waals surface area contributed by atoms with E-state index in [1.807, 2.05) is 0 Å². The maximum Gasteiger partial charge on any atom is 0.335 e. The summed E-state index contributed by atoms with van der Waals surface area (Å²) in [5, 5.41) is 9.06. The Morgan fingerprint density at radius 1 is 1.29 bits per heavy atom. The molecule has 2 rings (SSSR count). The minimum absolute atomic E-state index is 0.0491. The number of aryl methyl sites for hydroxylation is 1. The Morgan fingerprint density at radius 2 is 1.95 bits per heavy atom. The van der Waals surface area contributed by atoms with Crippen LogP contribution in [0.15, 0.2) is 24.3 Å². The molecule has 1 aliphatic carbocycles. The average molecular weight is 297 g/mol.